The molecule has 6 nitrogen and oxygen atoms in total. The highest BCUT2D eigenvalue weighted by molar-refractivity contribution is 6.49. The van der Waals surface area contributed by atoms with Gasteiger partial charge in [-0.25, -0.2) is 4.90 Å². The van der Waals surface area contributed by atoms with E-state index in [4.69, 9.17) is 11.6 Å². The number of amides is 2. The zero-order valence-electron chi connectivity index (χ0n) is 14.7. The average molecular weight is 382 g/mol. The molecule has 27 heavy (non-hydrogen) atoms. The summed E-state index contributed by atoms with van der Waals surface area (Å²) >= 11 is 6.03. The molecule has 2 aliphatic heterocycles. The number of anilines is 2. The van der Waals surface area contributed by atoms with Gasteiger partial charge in [0.2, 0.25) is 5.91 Å². The van der Waals surface area contributed by atoms with Gasteiger partial charge >= 0.3 is 0 Å². The van der Waals surface area contributed by atoms with Crippen LogP contribution in [0.1, 0.15) is 12.5 Å². The second kappa shape index (κ2) is 6.32. The van der Waals surface area contributed by atoms with E-state index < -0.39 is 23.8 Å². The van der Waals surface area contributed by atoms with Crippen molar-refractivity contribution in [3.63, 3.8) is 0 Å². The fourth-order valence-corrected chi connectivity index (χ4v) is 3.78. The Labute approximate surface area is 161 Å². The Hall–Kier alpha value is -2.99. The summed E-state index contributed by atoms with van der Waals surface area (Å²) in [4.78, 5) is 39.5. The van der Waals surface area contributed by atoms with Gasteiger partial charge in [-0.05, 0) is 36.8 Å². The van der Waals surface area contributed by atoms with E-state index in [0.717, 1.165) is 10.5 Å². The van der Waals surface area contributed by atoms with Crippen LogP contribution in [0.4, 0.5) is 11.4 Å². The number of carbonyl (C=O) groups is 3. The largest absolute Gasteiger partial charge is 0.293 e. The van der Waals surface area contributed by atoms with Crippen LogP contribution in [-0.4, -0.2) is 29.4 Å². The summed E-state index contributed by atoms with van der Waals surface area (Å²) in [6.07, 6.45) is 0. The van der Waals surface area contributed by atoms with Crippen molar-refractivity contribution in [1.82, 2.24) is 0 Å². The van der Waals surface area contributed by atoms with E-state index in [1.54, 1.807) is 24.3 Å². The minimum absolute atomic E-state index is 0.103. The molecule has 0 unspecified atom stereocenters. The summed E-state index contributed by atoms with van der Waals surface area (Å²) in [6.45, 7) is 3.25. The molecule has 0 spiro atoms. The first-order valence-electron chi connectivity index (χ1n) is 8.48. The molecule has 0 bridgehead atoms. The third kappa shape index (κ3) is 2.64. The smallest absolute Gasteiger partial charge is 0.259 e. The van der Waals surface area contributed by atoms with Gasteiger partial charge in [0.1, 0.15) is 17.7 Å². The Morgan fingerprint density at radius 3 is 2.48 bits per heavy atom. The van der Waals surface area contributed by atoms with Gasteiger partial charge in [-0.1, -0.05) is 35.9 Å². The second-order valence-electron chi connectivity index (χ2n) is 6.59. The van der Waals surface area contributed by atoms with E-state index in [1.807, 2.05) is 31.2 Å². The van der Waals surface area contributed by atoms with Crippen molar-refractivity contribution in [1.29, 1.82) is 0 Å². The van der Waals surface area contributed by atoms with Gasteiger partial charge < -0.3 is 0 Å². The van der Waals surface area contributed by atoms with E-state index in [1.165, 1.54) is 11.9 Å². The van der Waals surface area contributed by atoms with E-state index in [9.17, 15) is 14.4 Å². The predicted molar refractivity (Wildman–Crippen MR) is 103 cm³/mol. The number of benzene rings is 2. The number of Topliss-reactive ketones (excluding diaryl/α,β-unsaturated/α-hetero) is 1. The molecule has 7 heteroatoms. The highest BCUT2D eigenvalue weighted by atomic mass is 35.5. The summed E-state index contributed by atoms with van der Waals surface area (Å²) in [5.41, 5.74) is 2.08. The normalized spacial score (nSPS) is 21.5. The number of para-hydroxylation sites is 1. The van der Waals surface area contributed by atoms with Crippen molar-refractivity contribution in [3.05, 3.63) is 59.1 Å². The topological polar surface area (TPSA) is 70.1 Å². The van der Waals surface area contributed by atoms with Crippen molar-refractivity contribution in [2.24, 2.45) is 11.0 Å². The van der Waals surface area contributed by atoms with Crippen LogP contribution in [0, 0.1) is 12.8 Å². The molecule has 2 atom stereocenters. The molecule has 2 aromatic rings. The standard InChI is InChI=1S/C20H16ClN3O3/c1-11-6-3-4-9-15(11)24-18-16(17(22-24)12(2)25)19(26)23(20(18)27)14-8-5-7-13(21)10-14/h3-10,16,18H,1-2H3/t16-,18-/m1/s1. The third-order valence-corrected chi connectivity index (χ3v) is 5.07. The van der Waals surface area contributed by atoms with Crippen molar-refractivity contribution < 1.29 is 14.4 Å². The Bertz CT molecular complexity index is 1020. The van der Waals surface area contributed by atoms with Gasteiger partial charge in [-0.15, -0.1) is 0 Å². The molecule has 1 saturated heterocycles. The van der Waals surface area contributed by atoms with Gasteiger partial charge in [-0.3, -0.25) is 19.4 Å². The molecule has 2 aromatic carbocycles. The summed E-state index contributed by atoms with van der Waals surface area (Å²) in [7, 11) is 0. The summed E-state index contributed by atoms with van der Waals surface area (Å²) in [6, 6.07) is 13.1. The van der Waals surface area contributed by atoms with Crippen LogP contribution in [0.2, 0.25) is 5.02 Å². The molecule has 0 aliphatic carbocycles. The van der Waals surface area contributed by atoms with Crippen LogP contribution in [0.3, 0.4) is 0 Å². The van der Waals surface area contributed by atoms with Crippen molar-refractivity contribution in [2.45, 2.75) is 19.9 Å². The first-order chi connectivity index (χ1) is 12.9. The summed E-state index contributed by atoms with van der Waals surface area (Å²) in [5.74, 6) is -2.13. The SMILES string of the molecule is CC(=O)C1=NN(c2ccccc2C)[C@H]2C(=O)N(c3cccc(Cl)c3)C(=O)[C@H]12. The second-order valence-corrected chi connectivity index (χ2v) is 7.02. The van der Waals surface area contributed by atoms with Crippen LogP contribution >= 0.6 is 11.6 Å². The number of nitrogens with zero attached hydrogens (tertiary/aromatic N) is 3. The van der Waals surface area contributed by atoms with Gasteiger partial charge in [0, 0.05) is 11.9 Å². The Morgan fingerprint density at radius 2 is 1.81 bits per heavy atom. The van der Waals surface area contributed by atoms with E-state index in [-0.39, 0.29) is 11.5 Å². The van der Waals surface area contributed by atoms with Crippen molar-refractivity contribution in [3.8, 4) is 0 Å². The van der Waals surface area contributed by atoms with Crippen LogP contribution in [0.25, 0.3) is 0 Å². The molecule has 0 N–H and O–H groups in total. The van der Waals surface area contributed by atoms with Crippen molar-refractivity contribution in [2.75, 3.05) is 9.91 Å². The lowest BCUT2D eigenvalue weighted by Crippen LogP contribution is -2.39. The predicted octanol–water partition coefficient (Wildman–Crippen LogP) is 2.97. The minimum Gasteiger partial charge on any atom is -0.293 e. The number of hydrazone groups is 1. The Kier molecular flexibility index (Phi) is 4.08. The molecule has 2 amide bonds. The highest BCUT2D eigenvalue weighted by Crippen LogP contribution is 2.39. The lowest BCUT2D eigenvalue weighted by molar-refractivity contribution is -0.122. The maximum absolute atomic E-state index is 13.2. The number of carbonyl (C=O) groups excluding carboxylic acids is 3. The minimum atomic E-state index is -0.923. The van der Waals surface area contributed by atoms with Gasteiger partial charge in [0.15, 0.2) is 5.78 Å². The number of rotatable bonds is 3. The molecule has 0 radical (unpaired) electrons. The number of imide groups is 1. The quantitative estimate of drug-likeness (QED) is 0.766. The third-order valence-electron chi connectivity index (χ3n) is 4.84. The fourth-order valence-electron chi connectivity index (χ4n) is 3.59. The van der Waals surface area contributed by atoms with Crippen LogP contribution < -0.4 is 9.91 Å². The Morgan fingerprint density at radius 1 is 1.07 bits per heavy atom. The van der Waals surface area contributed by atoms with Crippen molar-refractivity contribution >= 4 is 46.3 Å². The summed E-state index contributed by atoms with van der Waals surface area (Å²) < 4.78 is 0. The van der Waals surface area contributed by atoms with E-state index in [0.29, 0.717) is 16.4 Å². The average Bonchev–Trinajstić information content (AvgIpc) is 3.13. The molecule has 0 aromatic heterocycles. The molecule has 4 rings (SSSR count). The number of hydrogen-bond acceptors (Lipinski definition) is 5. The van der Waals surface area contributed by atoms with Gasteiger partial charge in [0.05, 0.1) is 11.4 Å². The fraction of sp³-hybridized carbons (Fsp3) is 0.200. The molecule has 2 heterocycles. The maximum Gasteiger partial charge on any atom is 0.259 e. The number of hydrogen-bond donors (Lipinski definition) is 0. The lowest BCUT2D eigenvalue weighted by atomic mass is 9.95. The first kappa shape index (κ1) is 17.4. The molecular weight excluding hydrogens is 366 g/mol. The maximum atomic E-state index is 13.2. The highest BCUT2D eigenvalue weighted by Gasteiger charge is 2.58. The number of aryl methyl sites for hydroxylation is 1. The monoisotopic (exact) mass is 381 g/mol. The lowest BCUT2D eigenvalue weighted by Gasteiger charge is -2.23. The number of ketones is 1. The first-order valence-corrected chi connectivity index (χ1v) is 8.85. The molecule has 1 fully saturated rings. The molecule has 2 aliphatic rings. The van der Waals surface area contributed by atoms with Crippen LogP contribution in [0.5, 0.6) is 0 Å². The van der Waals surface area contributed by atoms with E-state index in [2.05, 4.69) is 5.10 Å². The molecular formula is C20H16ClN3O3. The number of fused-ring (bicyclic) bond motifs is 1. The molecule has 0 saturated carbocycles. The summed E-state index contributed by atoms with van der Waals surface area (Å²) in [5, 5.41) is 6.28. The number of halogens is 1. The molecule has 136 valence electrons. The zero-order valence-corrected chi connectivity index (χ0v) is 15.5. The van der Waals surface area contributed by atoms with Crippen LogP contribution in [0.15, 0.2) is 53.6 Å². The van der Waals surface area contributed by atoms with Gasteiger partial charge in [-0.2, -0.15) is 5.10 Å². The van der Waals surface area contributed by atoms with Gasteiger partial charge in [0.25, 0.3) is 5.91 Å². The zero-order chi connectivity index (χ0) is 19.3. The van der Waals surface area contributed by atoms with Crippen LogP contribution in [-0.2, 0) is 14.4 Å². The Balaban J connectivity index is 1.83. The van der Waals surface area contributed by atoms with E-state index >= 15 is 0 Å².